The molecule has 0 saturated carbocycles. The molecule has 0 aromatic carbocycles. The predicted molar refractivity (Wildman–Crippen MR) is 60.0 cm³/mol. The number of rotatable bonds is 6. The van der Waals surface area contributed by atoms with E-state index in [0.717, 1.165) is 0 Å². The number of aliphatic hydroxyl groups excluding tert-OH is 1. The van der Waals surface area contributed by atoms with E-state index in [9.17, 15) is 0 Å². The molecule has 0 fully saturated rings. The number of nitrogens with zero attached hydrogens (tertiary/aromatic N) is 3. The minimum atomic E-state index is 0.146. The second-order valence-electron chi connectivity index (χ2n) is 3.03. The summed E-state index contributed by atoms with van der Waals surface area (Å²) >= 11 is 1.44. The van der Waals surface area contributed by atoms with Crippen molar-refractivity contribution in [1.82, 2.24) is 15.0 Å². The van der Waals surface area contributed by atoms with Gasteiger partial charge < -0.3 is 14.6 Å². The van der Waals surface area contributed by atoms with E-state index in [-0.39, 0.29) is 23.9 Å². The van der Waals surface area contributed by atoms with Gasteiger partial charge in [-0.2, -0.15) is 9.97 Å². The Hall–Kier alpha value is -1.08. The molecule has 1 aromatic rings. The maximum Gasteiger partial charge on any atom is 0.323 e. The van der Waals surface area contributed by atoms with Gasteiger partial charge in [-0.15, -0.1) is 4.98 Å². The van der Waals surface area contributed by atoms with Crippen LogP contribution in [-0.2, 0) is 0 Å². The Bertz CT molecular complexity index is 316. The Morgan fingerprint density at radius 3 is 2.19 bits per heavy atom. The van der Waals surface area contributed by atoms with Gasteiger partial charge >= 0.3 is 12.0 Å². The second kappa shape index (κ2) is 6.49. The normalized spacial score (nSPS) is 12.2. The van der Waals surface area contributed by atoms with Gasteiger partial charge in [0.15, 0.2) is 5.16 Å². The van der Waals surface area contributed by atoms with Gasteiger partial charge in [-0.3, -0.25) is 0 Å². The smallest absolute Gasteiger partial charge is 0.323 e. The van der Waals surface area contributed by atoms with E-state index in [0.29, 0.717) is 11.6 Å². The number of hydrogen-bond acceptors (Lipinski definition) is 7. The molecule has 0 aliphatic carbocycles. The van der Waals surface area contributed by atoms with Crippen molar-refractivity contribution in [3.05, 3.63) is 0 Å². The number of ether oxygens (including phenoxy) is 2. The number of methoxy groups -OCH3 is 2. The molecule has 7 heteroatoms. The fourth-order valence-corrected chi connectivity index (χ4v) is 1.82. The monoisotopic (exact) mass is 245 g/mol. The summed E-state index contributed by atoms with van der Waals surface area (Å²) in [6.07, 6.45) is 0.682. The molecular weight excluding hydrogens is 230 g/mol. The molecule has 16 heavy (non-hydrogen) atoms. The zero-order valence-electron chi connectivity index (χ0n) is 9.51. The van der Waals surface area contributed by atoms with E-state index in [2.05, 4.69) is 15.0 Å². The Morgan fingerprint density at radius 1 is 1.19 bits per heavy atom. The standard InChI is InChI=1S/C9H15N3O3S/c1-6(4-5-13)16-9-11-7(14-2)10-8(12-9)15-3/h6,13H,4-5H2,1-3H3. The Balaban J connectivity index is 2.78. The van der Waals surface area contributed by atoms with Gasteiger partial charge in [-0.25, -0.2) is 0 Å². The highest BCUT2D eigenvalue weighted by atomic mass is 32.2. The molecule has 1 rings (SSSR count). The van der Waals surface area contributed by atoms with Crippen molar-refractivity contribution >= 4 is 11.8 Å². The van der Waals surface area contributed by atoms with Crippen LogP contribution in [0.1, 0.15) is 13.3 Å². The molecule has 1 unspecified atom stereocenters. The van der Waals surface area contributed by atoms with Crippen molar-refractivity contribution in [2.75, 3.05) is 20.8 Å². The summed E-state index contributed by atoms with van der Waals surface area (Å²) in [7, 11) is 2.97. The highest BCUT2D eigenvalue weighted by molar-refractivity contribution is 7.99. The molecule has 0 saturated heterocycles. The predicted octanol–water partition coefficient (Wildman–Crippen LogP) is 0.752. The fourth-order valence-electron chi connectivity index (χ4n) is 0.976. The molecule has 0 aliphatic rings. The van der Waals surface area contributed by atoms with E-state index in [1.165, 1.54) is 26.0 Å². The first-order valence-corrected chi connectivity index (χ1v) is 5.69. The SMILES string of the molecule is COc1nc(OC)nc(SC(C)CCO)n1. The third-order valence-corrected chi connectivity index (χ3v) is 2.81. The van der Waals surface area contributed by atoms with E-state index in [1.807, 2.05) is 6.92 Å². The lowest BCUT2D eigenvalue weighted by Gasteiger charge is -2.08. The minimum absolute atomic E-state index is 0.146. The van der Waals surface area contributed by atoms with Gasteiger partial charge in [0, 0.05) is 11.9 Å². The van der Waals surface area contributed by atoms with Gasteiger partial charge in [0.05, 0.1) is 14.2 Å². The highest BCUT2D eigenvalue weighted by Crippen LogP contribution is 2.24. The molecule has 0 radical (unpaired) electrons. The van der Waals surface area contributed by atoms with Gasteiger partial charge in [-0.05, 0) is 6.42 Å². The van der Waals surface area contributed by atoms with Crippen LogP contribution in [0.3, 0.4) is 0 Å². The summed E-state index contributed by atoms with van der Waals surface area (Å²) in [5.41, 5.74) is 0. The van der Waals surface area contributed by atoms with E-state index in [1.54, 1.807) is 0 Å². The second-order valence-corrected chi connectivity index (χ2v) is 4.44. The molecule has 1 N–H and O–H groups in total. The first-order valence-electron chi connectivity index (χ1n) is 4.81. The minimum Gasteiger partial charge on any atom is -0.467 e. The average molecular weight is 245 g/mol. The van der Waals surface area contributed by atoms with Crippen LogP contribution < -0.4 is 9.47 Å². The Labute approximate surface area is 98.4 Å². The van der Waals surface area contributed by atoms with Crippen molar-refractivity contribution in [3.8, 4) is 12.0 Å². The molecule has 1 heterocycles. The van der Waals surface area contributed by atoms with Crippen molar-refractivity contribution in [1.29, 1.82) is 0 Å². The molecule has 1 atom stereocenters. The maximum absolute atomic E-state index is 8.80. The van der Waals surface area contributed by atoms with Crippen LogP contribution in [0.15, 0.2) is 5.16 Å². The number of aliphatic hydroxyl groups is 1. The zero-order valence-corrected chi connectivity index (χ0v) is 10.3. The zero-order chi connectivity index (χ0) is 12.0. The summed E-state index contributed by atoms with van der Waals surface area (Å²) < 4.78 is 9.87. The summed E-state index contributed by atoms with van der Waals surface area (Å²) in [4.78, 5) is 12.1. The molecule has 0 spiro atoms. The van der Waals surface area contributed by atoms with E-state index < -0.39 is 0 Å². The molecule has 0 amide bonds. The van der Waals surface area contributed by atoms with Crippen molar-refractivity contribution in [2.24, 2.45) is 0 Å². The molecular formula is C9H15N3O3S. The van der Waals surface area contributed by atoms with E-state index in [4.69, 9.17) is 14.6 Å². The van der Waals surface area contributed by atoms with Crippen LogP contribution in [0, 0.1) is 0 Å². The molecule has 0 bridgehead atoms. The van der Waals surface area contributed by atoms with Gasteiger partial charge in [0.1, 0.15) is 0 Å². The largest absolute Gasteiger partial charge is 0.467 e. The van der Waals surface area contributed by atoms with Crippen LogP contribution in [0.5, 0.6) is 12.0 Å². The van der Waals surface area contributed by atoms with Crippen LogP contribution >= 0.6 is 11.8 Å². The Kier molecular flexibility index (Phi) is 5.27. The van der Waals surface area contributed by atoms with Crippen LogP contribution in [0.25, 0.3) is 0 Å². The Morgan fingerprint density at radius 2 is 1.75 bits per heavy atom. The molecule has 90 valence electrons. The molecule has 1 aromatic heterocycles. The van der Waals surface area contributed by atoms with Gasteiger partial charge in [0.25, 0.3) is 0 Å². The number of hydrogen-bond donors (Lipinski definition) is 1. The van der Waals surface area contributed by atoms with Crippen molar-refractivity contribution in [3.63, 3.8) is 0 Å². The molecule has 0 aliphatic heterocycles. The molecule has 6 nitrogen and oxygen atoms in total. The van der Waals surface area contributed by atoms with Gasteiger partial charge in [-0.1, -0.05) is 18.7 Å². The quantitative estimate of drug-likeness (QED) is 0.741. The summed E-state index contributed by atoms with van der Waals surface area (Å²) in [5.74, 6) is 0. The van der Waals surface area contributed by atoms with E-state index >= 15 is 0 Å². The van der Waals surface area contributed by atoms with Crippen LogP contribution in [-0.4, -0.2) is 46.1 Å². The first-order chi connectivity index (χ1) is 7.69. The summed E-state index contributed by atoms with van der Waals surface area (Å²) in [6.45, 7) is 2.14. The van der Waals surface area contributed by atoms with Crippen LogP contribution in [0.2, 0.25) is 0 Å². The van der Waals surface area contributed by atoms with Crippen LogP contribution in [0.4, 0.5) is 0 Å². The topological polar surface area (TPSA) is 77.4 Å². The fraction of sp³-hybridized carbons (Fsp3) is 0.667. The number of aromatic nitrogens is 3. The number of thioether (sulfide) groups is 1. The lowest BCUT2D eigenvalue weighted by molar-refractivity contribution is 0.288. The average Bonchev–Trinajstić information content (AvgIpc) is 2.28. The third kappa shape index (κ3) is 3.82. The maximum atomic E-state index is 8.80. The third-order valence-electron chi connectivity index (χ3n) is 1.78. The van der Waals surface area contributed by atoms with Crippen molar-refractivity contribution < 1.29 is 14.6 Å². The summed E-state index contributed by atoms with van der Waals surface area (Å²) in [6, 6.07) is 0.455. The highest BCUT2D eigenvalue weighted by Gasteiger charge is 2.11. The lowest BCUT2D eigenvalue weighted by Crippen LogP contribution is -2.04. The lowest BCUT2D eigenvalue weighted by atomic mass is 10.4. The van der Waals surface area contributed by atoms with Crippen molar-refractivity contribution in [2.45, 2.75) is 23.8 Å². The van der Waals surface area contributed by atoms with Gasteiger partial charge in [0.2, 0.25) is 0 Å². The first kappa shape index (κ1) is 13.0. The summed E-state index contributed by atoms with van der Waals surface area (Å²) in [5, 5.41) is 9.56.